The van der Waals surface area contributed by atoms with Gasteiger partial charge in [0, 0.05) is 0 Å². The number of hydrazine groups is 2. The molecule has 0 bridgehead atoms. The molecular weight excluding hydrogens is 132 g/mol. The molecule has 50 valence electrons. The lowest BCUT2D eigenvalue weighted by Crippen LogP contribution is -2.37. The predicted molar refractivity (Wildman–Crippen MR) is 25.5 cm³/mol. The molecule has 0 rings (SSSR count). The van der Waals surface area contributed by atoms with Crippen LogP contribution in [0.4, 0.5) is 0 Å². The third-order valence-electron chi connectivity index (χ3n) is 0.353. The monoisotopic (exact) mass is 134 g/mol. The third kappa shape index (κ3) is 2.85. The summed E-state index contributed by atoms with van der Waals surface area (Å²) in [7, 11) is 0. The highest BCUT2D eigenvalue weighted by Crippen LogP contribution is 1.72. The van der Waals surface area contributed by atoms with Crippen LogP contribution in [0, 0.1) is 14.7 Å². The molecule has 0 heterocycles. The van der Waals surface area contributed by atoms with Crippen LogP contribution in [0.1, 0.15) is 0 Å². The van der Waals surface area contributed by atoms with Gasteiger partial charge in [0.1, 0.15) is 0 Å². The molecule has 0 saturated heterocycles. The third-order valence-corrected chi connectivity index (χ3v) is 0.353. The van der Waals surface area contributed by atoms with E-state index in [9.17, 15) is 14.7 Å². The molecule has 0 aromatic heterocycles. The summed E-state index contributed by atoms with van der Waals surface area (Å²) in [4.78, 5) is 28.0. The fraction of sp³-hybridized carbons (Fsp3) is 0. The van der Waals surface area contributed by atoms with Gasteiger partial charge in [-0.2, -0.15) is 0 Å². The zero-order chi connectivity index (χ0) is 7.11. The number of nitrogens with zero attached hydrogens (tertiary/aromatic N) is 4. The van der Waals surface area contributed by atoms with Crippen LogP contribution in [0.5, 0.6) is 0 Å². The molecule has 9 heavy (non-hydrogen) atoms. The lowest BCUT2D eigenvalue weighted by Gasteiger charge is -2.04. The lowest BCUT2D eigenvalue weighted by molar-refractivity contribution is 0.119. The van der Waals surface area contributed by atoms with Gasteiger partial charge in [0.15, 0.2) is 0 Å². The molecule has 0 aliphatic rings. The van der Waals surface area contributed by atoms with Gasteiger partial charge in [-0.3, -0.25) is 0 Å². The Morgan fingerprint density at radius 2 is 1.44 bits per heavy atom. The van der Waals surface area contributed by atoms with Crippen molar-refractivity contribution < 1.29 is 0 Å². The van der Waals surface area contributed by atoms with Crippen molar-refractivity contribution >= 4 is 0 Å². The maximum Gasteiger partial charge on any atom is 0.0980 e. The minimum absolute atomic E-state index is 0.0972. The Bertz CT molecular complexity index is 98.9. The maximum atomic E-state index is 9.44. The van der Waals surface area contributed by atoms with E-state index in [4.69, 9.17) is 0 Å². The Kier molecular flexibility index (Phi) is 3.49. The quantitative estimate of drug-likeness (QED) is 0.381. The van der Waals surface area contributed by atoms with E-state index in [2.05, 4.69) is 0 Å². The molecule has 0 radical (unpaired) electrons. The van der Waals surface area contributed by atoms with Crippen molar-refractivity contribution in [3.8, 4) is 0 Å². The molecule has 0 aliphatic heterocycles. The van der Waals surface area contributed by atoms with E-state index in [1.165, 1.54) is 11.1 Å². The van der Waals surface area contributed by atoms with Crippen LogP contribution in [0.25, 0.3) is 0 Å². The van der Waals surface area contributed by atoms with E-state index >= 15 is 0 Å². The van der Waals surface area contributed by atoms with Crippen molar-refractivity contribution in [1.82, 2.24) is 16.3 Å². The molecule has 0 spiro atoms. The van der Waals surface area contributed by atoms with Crippen LogP contribution in [0.2, 0.25) is 0 Å². The van der Waals surface area contributed by atoms with Crippen LogP contribution in [-0.2, 0) is 0 Å². The Morgan fingerprint density at radius 3 is 1.67 bits per heavy atom. The highest BCUT2D eigenvalue weighted by Gasteiger charge is 1.95. The summed E-state index contributed by atoms with van der Waals surface area (Å²) in [6, 6.07) is 0. The molecule has 0 aliphatic carbocycles. The fourth-order valence-electron chi connectivity index (χ4n) is 0.136. The first-order chi connectivity index (χ1) is 4.35. The van der Waals surface area contributed by atoms with Crippen LogP contribution in [0.15, 0.2) is 15.9 Å². The molecule has 0 amide bonds. The summed E-state index contributed by atoms with van der Waals surface area (Å²) in [5.74, 6) is 0. The second-order valence-corrected chi connectivity index (χ2v) is 0.776. The first-order valence-electron chi connectivity index (χ1n) is 1.64. The topological polar surface area (TPSA) is 116 Å². The van der Waals surface area contributed by atoms with Gasteiger partial charge in [-0.1, -0.05) is 0 Å². The smallest absolute Gasteiger partial charge is 0.0980 e. The van der Waals surface area contributed by atoms with E-state index in [-0.39, 0.29) is 5.23 Å². The van der Waals surface area contributed by atoms with E-state index in [0.717, 1.165) is 0 Å². The van der Waals surface area contributed by atoms with Crippen LogP contribution in [-0.4, -0.2) is 5.23 Å². The number of nitroso groups, excluding NO2 is 3. The first kappa shape index (κ1) is 7.20. The summed E-state index contributed by atoms with van der Waals surface area (Å²) >= 11 is 0. The van der Waals surface area contributed by atoms with Gasteiger partial charge in [-0.25, -0.2) is 0 Å². The summed E-state index contributed by atoms with van der Waals surface area (Å²) in [5, 5.41) is 6.13. The largest absolute Gasteiger partial charge is 0.141 e. The van der Waals surface area contributed by atoms with Crippen molar-refractivity contribution in [3.63, 3.8) is 0 Å². The number of hydrogen-bond donors (Lipinski definition) is 2. The molecule has 0 fully saturated rings. The molecule has 0 unspecified atom stereocenters. The van der Waals surface area contributed by atoms with E-state index in [1.54, 1.807) is 0 Å². The Hall–Kier alpha value is -1.80. The summed E-state index contributed by atoms with van der Waals surface area (Å²) in [6.45, 7) is 0. The first-order valence-corrected chi connectivity index (χ1v) is 1.64. The van der Waals surface area contributed by atoms with Crippen LogP contribution >= 0.6 is 0 Å². The van der Waals surface area contributed by atoms with Gasteiger partial charge in [0.2, 0.25) is 0 Å². The molecule has 9 heteroatoms. The van der Waals surface area contributed by atoms with Gasteiger partial charge >= 0.3 is 0 Å². The number of rotatable bonds is 5. The van der Waals surface area contributed by atoms with E-state index < -0.39 is 0 Å². The Labute approximate surface area is 48.2 Å². The van der Waals surface area contributed by atoms with Crippen molar-refractivity contribution in [1.29, 1.82) is 0 Å². The van der Waals surface area contributed by atoms with Crippen molar-refractivity contribution in [2.24, 2.45) is 15.9 Å². The second-order valence-electron chi connectivity index (χ2n) is 0.776. The highest BCUT2D eigenvalue weighted by molar-refractivity contribution is 4.24. The normalized spacial score (nSPS) is 7.11. The van der Waals surface area contributed by atoms with Crippen LogP contribution < -0.4 is 11.1 Å². The molecule has 0 saturated carbocycles. The Morgan fingerprint density at radius 1 is 1.00 bits per heavy atom. The number of nitrogens with one attached hydrogen (secondary N) is 2. The van der Waals surface area contributed by atoms with Gasteiger partial charge in [0.25, 0.3) is 0 Å². The van der Waals surface area contributed by atoms with Crippen LogP contribution in [0.3, 0.4) is 0 Å². The zero-order valence-corrected chi connectivity index (χ0v) is 4.01. The summed E-state index contributed by atoms with van der Waals surface area (Å²) in [5.41, 5.74) is 2.90. The molecule has 0 aromatic rings. The average Bonchev–Trinajstić information content (AvgIpc) is 1.88. The molecule has 0 atom stereocenters. The van der Waals surface area contributed by atoms with Gasteiger partial charge in [0.05, 0.1) is 15.9 Å². The van der Waals surface area contributed by atoms with Crippen molar-refractivity contribution in [3.05, 3.63) is 14.7 Å². The summed E-state index contributed by atoms with van der Waals surface area (Å²) in [6.07, 6.45) is 0. The van der Waals surface area contributed by atoms with Gasteiger partial charge < -0.3 is 0 Å². The lowest BCUT2D eigenvalue weighted by atomic mass is 12.0. The molecule has 0 aromatic carbocycles. The highest BCUT2D eigenvalue weighted by atomic mass is 16.4. The fourth-order valence-corrected chi connectivity index (χ4v) is 0.136. The van der Waals surface area contributed by atoms with Crippen molar-refractivity contribution in [2.45, 2.75) is 0 Å². The standard InChI is InChI=1S/H2N6O3/c7-3-1-6(5-9)2-4-8/h(H,1,7)(H,2,8). The minimum atomic E-state index is 0.0972. The van der Waals surface area contributed by atoms with Gasteiger partial charge in [-0.05, 0) is 5.23 Å². The van der Waals surface area contributed by atoms with E-state index in [0.29, 0.717) is 0 Å². The summed E-state index contributed by atoms with van der Waals surface area (Å²) < 4.78 is 0. The molecule has 2 N–H and O–H groups in total. The SMILES string of the molecule is O=NNN(N=O)NN=O. The van der Waals surface area contributed by atoms with Crippen molar-refractivity contribution in [2.75, 3.05) is 0 Å². The zero-order valence-electron chi connectivity index (χ0n) is 4.01. The average molecular weight is 134 g/mol. The van der Waals surface area contributed by atoms with Gasteiger partial charge in [-0.15, -0.1) is 25.8 Å². The minimum Gasteiger partial charge on any atom is -0.141 e. The second kappa shape index (κ2) is 4.36. The molecular formula is H2N6O3. The predicted octanol–water partition coefficient (Wildman–Crippen LogP) is -0.658. The Balaban J connectivity index is 3.51. The maximum absolute atomic E-state index is 9.44. The van der Waals surface area contributed by atoms with E-state index in [1.807, 2.05) is 15.9 Å². The molecule has 9 nitrogen and oxygen atoms in total. The number of hydrogen-bond acceptors (Lipinski definition) is 6.